The second kappa shape index (κ2) is 8.73. The van der Waals surface area contributed by atoms with Crippen molar-refractivity contribution < 1.29 is 0 Å². The summed E-state index contributed by atoms with van der Waals surface area (Å²) in [6.45, 7) is 7.21. The van der Waals surface area contributed by atoms with Crippen molar-refractivity contribution in [2.24, 2.45) is 0 Å². The number of hydrogen-bond donors (Lipinski definition) is 1. The SMILES string of the molecule is C=C(NCCC)C1=CC=CC(n2cccn2)C(C#Cc2ccccc2)=C1. The quantitative estimate of drug-likeness (QED) is 0.816. The first-order valence-electron chi connectivity index (χ1n) is 8.87. The van der Waals surface area contributed by atoms with Crippen LogP contribution in [0.2, 0.25) is 0 Å². The van der Waals surface area contributed by atoms with Gasteiger partial charge in [0.1, 0.15) is 6.04 Å². The maximum Gasteiger partial charge on any atom is 0.103 e. The molecule has 1 unspecified atom stereocenters. The lowest BCUT2D eigenvalue weighted by Crippen LogP contribution is -2.14. The highest BCUT2D eigenvalue weighted by Crippen LogP contribution is 2.24. The summed E-state index contributed by atoms with van der Waals surface area (Å²) in [7, 11) is 0. The van der Waals surface area contributed by atoms with Crippen LogP contribution in [-0.2, 0) is 0 Å². The Labute approximate surface area is 155 Å². The number of benzene rings is 1. The van der Waals surface area contributed by atoms with Gasteiger partial charge in [-0.2, -0.15) is 5.10 Å². The highest BCUT2D eigenvalue weighted by Gasteiger charge is 2.15. The van der Waals surface area contributed by atoms with Gasteiger partial charge < -0.3 is 5.32 Å². The van der Waals surface area contributed by atoms with E-state index in [0.29, 0.717) is 0 Å². The summed E-state index contributed by atoms with van der Waals surface area (Å²) >= 11 is 0. The first-order chi connectivity index (χ1) is 12.8. The molecular weight excluding hydrogens is 318 g/mol. The second-order valence-corrected chi connectivity index (χ2v) is 6.06. The molecule has 1 heterocycles. The van der Waals surface area contributed by atoms with E-state index in [1.165, 1.54) is 0 Å². The maximum atomic E-state index is 4.40. The molecule has 3 nitrogen and oxygen atoms in total. The topological polar surface area (TPSA) is 29.9 Å². The average Bonchev–Trinajstić information content (AvgIpc) is 3.12. The Kier molecular flexibility index (Phi) is 5.90. The largest absolute Gasteiger partial charge is 0.385 e. The molecule has 3 rings (SSSR count). The summed E-state index contributed by atoms with van der Waals surface area (Å²) in [5.41, 5.74) is 3.93. The van der Waals surface area contributed by atoms with Gasteiger partial charge in [-0.3, -0.25) is 4.68 Å². The molecule has 0 aliphatic heterocycles. The van der Waals surface area contributed by atoms with E-state index in [1.807, 2.05) is 53.4 Å². The minimum atomic E-state index is -0.0334. The van der Waals surface area contributed by atoms with Gasteiger partial charge in [0.05, 0.1) is 0 Å². The lowest BCUT2D eigenvalue weighted by Gasteiger charge is -2.14. The van der Waals surface area contributed by atoms with Crippen LogP contribution in [0.15, 0.2) is 96.5 Å². The molecule has 1 aromatic carbocycles. The van der Waals surface area contributed by atoms with Crippen molar-refractivity contribution >= 4 is 0 Å². The fourth-order valence-corrected chi connectivity index (χ4v) is 2.69. The molecule has 3 heteroatoms. The smallest absolute Gasteiger partial charge is 0.103 e. The van der Waals surface area contributed by atoms with E-state index >= 15 is 0 Å². The molecule has 26 heavy (non-hydrogen) atoms. The van der Waals surface area contributed by atoms with Crippen LogP contribution in [0.4, 0.5) is 0 Å². The molecule has 0 fully saturated rings. The standard InChI is InChI=1S/C23H23N3/c1-3-15-24-19(2)21-11-7-12-23(26-17-8-16-25-26)22(18-21)14-13-20-9-5-4-6-10-20/h4-12,16-18,23-24H,2-3,15H2,1H3. The molecule has 0 radical (unpaired) electrons. The minimum Gasteiger partial charge on any atom is -0.385 e. The van der Waals surface area contributed by atoms with E-state index < -0.39 is 0 Å². The van der Waals surface area contributed by atoms with E-state index in [2.05, 4.69) is 54.0 Å². The number of nitrogens with one attached hydrogen (secondary N) is 1. The number of nitrogens with zero attached hydrogens (tertiary/aromatic N) is 2. The molecule has 0 saturated carbocycles. The molecule has 0 amide bonds. The van der Waals surface area contributed by atoms with Gasteiger partial charge in [-0.25, -0.2) is 0 Å². The molecule has 0 spiro atoms. The molecule has 1 aliphatic carbocycles. The molecule has 1 atom stereocenters. The van der Waals surface area contributed by atoms with Crippen LogP contribution < -0.4 is 5.32 Å². The van der Waals surface area contributed by atoms with E-state index in [-0.39, 0.29) is 6.04 Å². The summed E-state index contributed by atoms with van der Waals surface area (Å²) in [5, 5.41) is 7.76. The molecule has 1 aliphatic rings. The van der Waals surface area contributed by atoms with Crippen LogP contribution in [0, 0.1) is 11.8 Å². The average molecular weight is 341 g/mol. The van der Waals surface area contributed by atoms with E-state index in [4.69, 9.17) is 0 Å². The Balaban J connectivity index is 1.96. The van der Waals surface area contributed by atoms with Gasteiger partial charge in [-0.1, -0.05) is 61.8 Å². The van der Waals surface area contributed by atoms with E-state index in [1.54, 1.807) is 6.20 Å². The number of hydrogen-bond acceptors (Lipinski definition) is 2. The fraction of sp³-hybridized carbons (Fsp3) is 0.174. The van der Waals surface area contributed by atoms with Crippen molar-refractivity contribution in [2.75, 3.05) is 6.54 Å². The Morgan fingerprint density at radius 3 is 2.81 bits per heavy atom. The highest BCUT2D eigenvalue weighted by molar-refractivity contribution is 5.52. The monoisotopic (exact) mass is 341 g/mol. The zero-order valence-electron chi connectivity index (χ0n) is 15.0. The third kappa shape index (κ3) is 4.43. The van der Waals surface area contributed by atoms with Crippen molar-refractivity contribution in [1.29, 1.82) is 0 Å². The summed E-state index contributed by atoms with van der Waals surface area (Å²) in [6.07, 6.45) is 13.1. The van der Waals surface area contributed by atoms with E-state index in [0.717, 1.165) is 35.4 Å². The van der Waals surface area contributed by atoms with Crippen LogP contribution in [0.25, 0.3) is 0 Å². The first-order valence-corrected chi connectivity index (χ1v) is 8.87. The van der Waals surface area contributed by atoms with Crippen LogP contribution in [0.3, 0.4) is 0 Å². The highest BCUT2D eigenvalue weighted by atomic mass is 15.3. The van der Waals surface area contributed by atoms with E-state index in [9.17, 15) is 0 Å². The number of allylic oxidation sites excluding steroid dienone is 5. The number of rotatable bonds is 5. The third-order valence-electron chi connectivity index (χ3n) is 4.07. The van der Waals surface area contributed by atoms with Crippen molar-refractivity contribution in [2.45, 2.75) is 19.4 Å². The zero-order chi connectivity index (χ0) is 18.2. The van der Waals surface area contributed by atoms with Gasteiger partial charge in [0.2, 0.25) is 0 Å². The summed E-state index contributed by atoms with van der Waals surface area (Å²) in [5.74, 6) is 6.61. The molecule has 1 N–H and O–H groups in total. The fourth-order valence-electron chi connectivity index (χ4n) is 2.69. The van der Waals surface area contributed by atoms with Gasteiger partial charge in [-0.05, 0) is 36.3 Å². The summed E-state index contributed by atoms with van der Waals surface area (Å²) in [6, 6.07) is 11.9. The van der Waals surface area contributed by atoms with Crippen molar-refractivity contribution in [1.82, 2.24) is 15.1 Å². The molecule has 1 aromatic heterocycles. The van der Waals surface area contributed by atoms with Crippen molar-refractivity contribution in [3.05, 3.63) is 102 Å². The zero-order valence-corrected chi connectivity index (χ0v) is 15.0. The Hall–Kier alpha value is -3.25. The Bertz CT molecular complexity index is 888. The minimum absolute atomic E-state index is 0.0334. The van der Waals surface area contributed by atoms with Crippen LogP contribution in [-0.4, -0.2) is 16.3 Å². The van der Waals surface area contributed by atoms with Crippen molar-refractivity contribution in [3.8, 4) is 11.8 Å². The molecular formula is C23H23N3. The van der Waals surface area contributed by atoms with Gasteiger partial charge >= 0.3 is 0 Å². The summed E-state index contributed by atoms with van der Waals surface area (Å²) < 4.78 is 1.92. The lowest BCUT2D eigenvalue weighted by atomic mass is 10.0. The Morgan fingerprint density at radius 2 is 2.08 bits per heavy atom. The lowest BCUT2D eigenvalue weighted by molar-refractivity contribution is 0.614. The second-order valence-electron chi connectivity index (χ2n) is 6.06. The molecule has 0 saturated heterocycles. The molecule has 0 bridgehead atoms. The number of aromatic nitrogens is 2. The molecule has 130 valence electrons. The van der Waals surface area contributed by atoms with Gasteiger partial charge in [0.25, 0.3) is 0 Å². The van der Waals surface area contributed by atoms with Gasteiger partial charge in [-0.15, -0.1) is 0 Å². The third-order valence-corrected chi connectivity index (χ3v) is 4.07. The predicted octanol–water partition coefficient (Wildman–Crippen LogP) is 4.41. The van der Waals surface area contributed by atoms with Crippen LogP contribution in [0.1, 0.15) is 24.9 Å². The van der Waals surface area contributed by atoms with Crippen LogP contribution in [0.5, 0.6) is 0 Å². The van der Waals surface area contributed by atoms with Gasteiger partial charge in [0.15, 0.2) is 0 Å². The normalized spacial score (nSPS) is 16.0. The van der Waals surface area contributed by atoms with Crippen molar-refractivity contribution in [3.63, 3.8) is 0 Å². The molecule has 2 aromatic rings. The Morgan fingerprint density at radius 1 is 1.23 bits per heavy atom. The summed E-state index contributed by atoms with van der Waals surface area (Å²) in [4.78, 5) is 0. The first kappa shape index (κ1) is 17.6. The van der Waals surface area contributed by atoms with Crippen LogP contribution >= 0.6 is 0 Å². The maximum absolute atomic E-state index is 4.40. The predicted molar refractivity (Wildman–Crippen MR) is 107 cm³/mol. The van der Waals surface area contributed by atoms with Gasteiger partial charge in [0, 0.05) is 35.8 Å².